The number of likely N-dealkylation sites (N-methyl/N-ethyl adjacent to an activating group) is 1. The van der Waals surface area contributed by atoms with E-state index in [1.807, 2.05) is 0 Å². The Morgan fingerprint density at radius 3 is 2.71 bits per heavy atom. The quantitative estimate of drug-likeness (QED) is 0.612. The van der Waals surface area contributed by atoms with Crippen LogP contribution in [0.2, 0.25) is 0 Å². The predicted molar refractivity (Wildman–Crippen MR) is 61.2 cm³/mol. The summed E-state index contributed by atoms with van der Waals surface area (Å²) in [4.78, 5) is 26.1. The molecule has 0 radical (unpaired) electrons. The van der Waals surface area contributed by atoms with E-state index < -0.39 is 10.9 Å². The lowest BCUT2D eigenvalue weighted by atomic mass is 10.2. The Balaban J connectivity index is 3.04. The summed E-state index contributed by atoms with van der Waals surface area (Å²) in [5.74, 6) is -0.507. The van der Waals surface area contributed by atoms with E-state index in [9.17, 15) is 14.9 Å². The Bertz CT molecular complexity index is 447. The number of hydrogen-bond acceptors (Lipinski definition) is 5. The molecule has 1 N–H and O–H groups in total. The van der Waals surface area contributed by atoms with Crippen molar-refractivity contribution in [2.24, 2.45) is 0 Å². The van der Waals surface area contributed by atoms with E-state index in [-0.39, 0.29) is 12.2 Å². The van der Waals surface area contributed by atoms with Crippen molar-refractivity contribution in [3.8, 4) is 0 Å². The monoisotopic (exact) mass is 239 g/mol. The fourth-order valence-corrected chi connectivity index (χ4v) is 1.48. The second kappa shape index (κ2) is 5.24. The molecule has 7 nitrogen and oxygen atoms in total. The lowest BCUT2D eigenvalue weighted by Crippen LogP contribution is -2.30. The number of anilines is 1. The van der Waals surface area contributed by atoms with Gasteiger partial charge in [0.15, 0.2) is 0 Å². The molecule has 0 fully saturated rings. The number of carboxylic acids is 1. The molecule has 1 aromatic heterocycles. The number of carboxylic acid groups (broad SMARTS) is 1. The number of carbonyl (C=O) groups is 1. The smallest absolute Gasteiger partial charge is 0.323 e. The first-order valence-corrected chi connectivity index (χ1v) is 5.03. The van der Waals surface area contributed by atoms with Crippen LogP contribution in [0.5, 0.6) is 0 Å². The minimum atomic E-state index is -0.966. The highest BCUT2D eigenvalue weighted by Crippen LogP contribution is 2.21. The van der Waals surface area contributed by atoms with Crippen LogP contribution < -0.4 is 4.90 Å². The summed E-state index contributed by atoms with van der Waals surface area (Å²) < 4.78 is 0. The van der Waals surface area contributed by atoms with Crippen molar-refractivity contribution in [1.29, 1.82) is 0 Å². The van der Waals surface area contributed by atoms with E-state index in [1.165, 1.54) is 6.07 Å². The first-order chi connectivity index (χ1) is 7.95. The maximum atomic E-state index is 10.7. The van der Waals surface area contributed by atoms with Gasteiger partial charge in [-0.1, -0.05) is 0 Å². The van der Waals surface area contributed by atoms with Crippen molar-refractivity contribution < 1.29 is 14.8 Å². The predicted octanol–water partition coefficient (Wildman–Crippen LogP) is 1.21. The highest BCUT2D eigenvalue weighted by molar-refractivity contribution is 5.73. The lowest BCUT2D eigenvalue weighted by Gasteiger charge is -2.21. The zero-order valence-electron chi connectivity index (χ0n) is 9.58. The third-order valence-corrected chi connectivity index (χ3v) is 2.25. The summed E-state index contributed by atoms with van der Waals surface area (Å²) in [6, 6.07) is 1.38. The summed E-state index contributed by atoms with van der Waals surface area (Å²) in [5, 5.41) is 19.3. The molecule has 0 aliphatic carbocycles. The van der Waals surface area contributed by atoms with E-state index in [4.69, 9.17) is 5.11 Å². The Morgan fingerprint density at radius 1 is 1.65 bits per heavy atom. The number of aliphatic carboxylic acids is 1. The molecule has 0 spiro atoms. The van der Waals surface area contributed by atoms with Gasteiger partial charge in [-0.25, -0.2) is 4.98 Å². The first-order valence-electron chi connectivity index (χ1n) is 5.03. The van der Waals surface area contributed by atoms with Crippen molar-refractivity contribution >= 4 is 17.5 Å². The molecule has 0 saturated carbocycles. The van der Waals surface area contributed by atoms with Gasteiger partial charge in [0.2, 0.25) is 0 Å². The normalized spacial score (nSPS) is 10.0. The van der Waals surface area contributed by atoms with Crippen molar-refractivity contribution in [3.63, 3.8) is 0 Å². The molecular weight excluding hydrogens is 226 g/mol. The summed E-state index contributed by atoms with van der Waals surface area (Å²) in [7, 11) is 0. The molecule has 92 valence electrons. The molecule has 0 bridgehead atoms. The number of aromatic nitrogens is 1. The van der Waals surface area contributed by atoms with Gasteiger partial charge < -0.3 is 10.0 Å². The number of aryl methyl sites for hydroxylation is 1. The molecule has 0 amide bonds. The molecule has 0 unspecified atom stereocenters. The van der Waals surface area contributed by atoms with E-state index in [1.54, 1.807) is 18.7 Å². The summed E-state index contributed by atoms with van der Waals surface area (Å²) >= 11 is 0. The van der Waals surface area contributed by atoms with Crippen molar-refractivity contribution in [2.45, 2.75) is 13.8 Å². The van der Waals surface area contributed by atoms with Crippen LogP contribution in [-0.4, -0.2) is 34.1 Å². The minimum Gasteiger partial charge on any atom is -0.480 e. The van der Waals surface area contributed by atoms with E-state index in [2.05, 4.69) is 4.98 Å². The zero-order valence-corrected chi connectivity index (χ0v) is 9.58. The highest BCUT2D eigenvalue weighted by atomic mass is 16.6. The fraction of sp³-hybridized carbons (Fsp3) is 0.400. The van der Waals surface area contributed by atoms with Crippen molar-refractivity contribution in [1.82, 2.24) is 4.98 Å². The Hall–Kier alpha value is -2.18. The van der Waals surface area contributed by atoms with Crippen LogP contribution in [-0.2, 0) is 4.79 Å². The standard InChI is InChI=1S/C10H13N3O4/c1-3-12(6-9(14)15)10-7(2)4-8(5-11-10)13(16)17/h4-5H,3,6H2,1-2H3,(H,14,15). The van der Waals surface area contributed by atoms with Crippen LogP contribution in [0.25, 0.3) is 0 Å². The second-order valence-corrected chi connectivity index (χ2v) is 3.50. The van der Waals surface area contributed by atoms with E-state index in [0.29, 0.717) is 17.9 Å². The van der Waals surface area contributed by atoms with Gasteiger partial charge in [0.1, 0.15) is 18.6 Å². The first kappa shape index (κ1) is 12.9. The number of nitrogens with zero attached hydrogens (tertiary/aromatic N) is 3. The second-order valence-electron chi connectivity index (χ2n) is 3.50. The average molecular weight is 239 g/mol. The third-order valence-electron chi connectivity index (χ3n) is 2.25. The Labute approximate surface area is 97.8 Å². The lowest BCUT2D eigenvalue weighted by molar-refractivity contribution is -0.385. The molecule has 0 aliphatic rings. The van der Waals surface area contributed by atoms with Crippen molar-refractivity contribution in [3.05, 3.63) is 27.9 Å². The number of rotatable bonds is 5. The van der Waals surface area contributed by atoms with Gasteiger partial charge in [0.05, 0.1) is 4.92 Å². The highest BCUT2D eigenvalue weighted by Gasteiger charge is 2.15. The fourth-order valence-electron chi connectivity index (χ4n) is 1.48. The van der Waals surface area contributed by atoms with Gasteiger partial charge in [0.25, 0.3) is 5.69 Å². The third kappa shape index (κ3) is 3.13. The summed E-state index contributed by atoms with van der Waals surface area (Å²) in [5.41, 5.74) is 0.486. The molecule has 17 heavy (non-hydrogen) atoms. The topological polar surface area (TPSA) is 96.6 Å². The van der Waals surface area contributed by atoms with Crippen LogP contribution in [0.1, 0.15) is 12.5 Å². The zero-order chi connectivity index (χ0) is 13.0. The molecule has 1 aromatic rings. The molecule has 1 heterocycles. The molecule has 0 aliphatic heterocycles. The van der Waals surface area contributed by atoms with Gasteiger partial charge in [0, 0.05) is 12.6 Å². The molecule has 0 aromatic carbocycles. The van der Waals surface area contributed by atoms with Gasteiger partial charge >= 0.3 is 5.97 Å². The SMILES string of the molecule is CCN(CC(=O)O)c1ncc([N+](=O)[O-])cc1C. The van der Waals surface area contributed by atoms with Crippen LogP contribution >= 0.6 is 0 Å². The minimum absolute atomic E-state index is 0.0994. The molecule has 0 atom stereocenters. The van der Waals surface area contributed by atoms with Crippen LogP contribution in [0.4, 0.5) is 11.5 Å². The van der Waals surface area contributed by atoms with Gasteiger partial charge in [-0.3, -0.25) is 14.9 Å². The molecule has 0 saturated heterocycles. The largest absolute Gasteiger partial charge is 0.480 e. The number of hydrogen-bond donors (Lipinski definition) is 1. The van der Waals surface area contributed by atoms with Gasteiger partial charge in [-0.2, -0.15) is 0 Å². The van der Waals surface area contributed by atoms with E-state index in [0.717, 1.165) is 6.20 Å². The van der Waals surface area contributed by atoms with Crippen LogP contribution in [0.3, 0.4) is 0 Å². The summed E-state index contributed by atoms with van der Waals surface area (Å²) in [6.45, 7) is 3.76. The maximum Gasteiger partial charge on any atom is 0.323 e. The Morgan fingerprint density at radius 2 is 2.29 bits per heavy atom. The van der Waals surface area contributed by atoms with E-state index >= 15 is 0 Å². The number of pyridine rings is 1. The molecular formula is C10H13N3O4. The average Bonchev–Trinajstić information content (AvgIpc) is 2.25. The van der Waals surface area contributed by atoms with Crippen LogP contribution in [0, 0.1) is 17.0 Å². The number of nitro groups is 1. The van der Waals surface area contributed by atoms with Gasteiger partial charge in [-0.05, 0) is 19.4 Å². The van der Waals surface area contributed by atoms with Crippen LogP contribution in [0.15, 0.2) is 12.3 Å². The Kier molecular flexibility index (Phi) is 3.97. The molecule has 7 heteroatoms. The van der Waals surface area contributed by atoms with Gasteiger partial charge in [-0.15, -0.1) is 0 Å². The molecule has 1 rings (SSSR count). The maximum absolute atomic E-state index is 10.7. The summed E-state index contributed by atoms with van der Waals surface area (Å²) in [6.07, 6.45) is 1.13. The van der Waals surface area contributed by atoms with Crippen molar-refractivity contribution in [2.75, 3.05) is 18.0 Å².